The summed E-state index contributed by atoms with van der Waals surface area (Å²) in [6.45, 7) is 3.50. The van der Waals surface area contributed by atoms with Crippen molar-refractivity contribution in [1.29, 1.82) is 0 Å². The fraction of sp³-hybridized carbons (Fsp3) is 0.462. The highest BCUT2D eigenvalue weighted by Gasteiger charge is 2.27. The number of sulfonamides is 1. The second-order valence-electron chi connectivity index (χ2n) is 5.09. The molecular formula is C13H19NO6S. The van der Waals surface area contributed by atoms with E-state index < -0.39 is 21.5 Å². The van der Waals surface area contributed by atoms with E-state index in [1.807, 2.05) is 0 Å². The Hall–Kier alpha value is -1.64. The van der Waals surface area contributed by atoms with E-state index >= 15 is 0 Å². The van der Waals surface area contributed by atoms with Gasteiger partial charge in [0.1, 0.15) is 11.3 Å². The van der Waals surface area contributed by atoms with Crippen LogP contribution in [0.2, 0.25) is 0 Å². The third-order valence-corrected chi connectivity index (χ3v) is 4.30. The van der Waals surface area contributed by atoms with Crippen molar-refractivity contribution in [3.05, 3.63) is 23.8 Å². The first-order valence-electron chi connectivity index (χ1n) is 6.07. The van der Waals surface area contributed by atoms with Crippen molar-refractivity contribution in [3.8, 4) is 5.75 Å². The zero-order valence-electron chi connectivity index (χ0n) is 12.3. The van der Waals surface area contributed by atoms with E-state index in [1.165, 1.54) is 13.2 Å². The predicted molar refractivity (Wildman–Crippen MR) is 75.7 cm³/mol. The van der Waals surface area contributed by atoms with Crippen molar-refractivity contribution in [3.63, 3.8) is 0 Å². The van der Waals surface area contributed by atoms with Gasteiger partial charge in [-0.3, -0.25) is 0 Å². The summed E-state index contributed by atoms with van der Waals surface area (Å²) >= 11 is 0. The molecule has 0 aromatic heterocycles. The van der Waals surface area contributed by atoms with Gasteiger partial charge in [0.15, 0.2) is 0 Å². The molecule has 0 radical (unpaired) electrons. The molecule has 0 unspecified atom stereocenters. The van der Waals surface area contributed by atoms with Gasteiger partial charge in [0.2, 0.25) is 10.0 Å². The zero-order chi connectivity index (χ0) is 16.3. The molecule has 0 fully saturated rings. The SMILES string of the molecule is COCC(C)(C)NS(=O)(=O)c1ccc(O)c(C(=O)OC)c1. The van der Waals surface area contributed by atoms with Gasteiger partial charge in [0.05, 0.1) is 24.2 Å². The van der Waals surface area contributed by atoms with Crippen molar-refractivity contribution in [2.45, 2.75) is 24.3 Å². The molecule has 0 aliphatic rings. The average molecular weight is 317 g/mol. The Morgan fingerprint density at radius 3 is 2.48 bits per heavy atom. The fourth-order valence-electron chi connectivity index (χ4n) is 1.77. The maximum atomic E-state index is 12.3. The summed E-state index contributed by atoms with van der Waals surface area (Å²) in [6.07, 6.45) is 0. The minimum Gasteiger partial charge on any atom is -0.507 e. The molecule has 0 aliphatic carbocycles. The van der Waals surface area contributed by atoms with Crippen LogP contribution in [-0.4, -0.2) is 45.9 Å². The van der Waals surface area contributed by atoms with Crippen LogP contribution in [0, 0.1) is 0 Å². The molecule has 0 atom stereocenters. The number of carbonyl (C=O) groups excluding carboxylic acids is 1. The van der Waals surface area contributed by atoms with Gasteiger partial charge in [0, 0.05) is 7.11 Å². The molecule has 8 heteroatoms. The molecular weight excluding hydrogens is 298 g/mol. The van der Waals surface area contributed by atoms with Crippen LogP contribution in [0.3, 0.4) is 0 Å². The van der Waals surface area contributed by atoms with E-state index in [4.69, 9.17) is 4.74 Å². The highest BCUT2D eigenvalue weighted by molar-refractivity contribution is 7.89. The first-order valence-corrected chi connectivity index (χ1v) is 7.55. The molecule has 21 heavy (non-hydrogen) atoms. The topological polar surface area (TPSA) is 102 Å². The van der Waals surface area contributed by atoms with E-state index in [9.17, 15) is 18.3 Å². The molecule has 1 aromatic carbocycles. The molecule has 7 nitrogen and oxygen atoms in total. The Morgan fingerprint density at radius 2 is 1.95 bits per heavy atom. The van der Waals surface area contributed by atoms with E-state index in [0.717, 1.165) is 19.2 Å². The van der Waals surface area contributed by atoms with Crippen LogP contribution in [0.4, 0.5) is 0 Å². The largest absolute Gasteiger partial charge is 0.507 e. The highest BCUT2D eigenvalue weighted by Crippen LogP contribution is 2.23. The van der Waals surface area contributed by atoms with Crippen LogP contribution in [0.5, 0.6) is 5.75 Å². The Bertz CT molecular complexity index is 624. The molecule has 118 valence electrons. The quantitative estimate of drug-likeness (QED) is 0.755. The molecule has 1 aromatic rings. The number of esters is 1. The monoisotopic (exact) mass is 317 g/mol. The molecule has 0 amide bonds. The Morgan fingerprint density at radius 1 is 1.33 bits per heavy atom. The zero-order valence-corrected chi connectivity index (χ0v) is 13.2. The molecule has 1 rings (SSSR count). The first-order chi connectivity index (χ1) is 9.63. The van der Waals surface area contributed by atoms with Gasteiger partial charge in [-0.05, 0) is 32.0 Å². The van der Waals surface area contributed by atoms with Crippen molar-refractivity contribution in [2.24, 2.45) is 0 Å². The Labute approximate surface area is 123 Å². The number of ether oxygens (including phenoxy) is 2. The maximum Gasteiger partial charge on any atom is 0.341 e. The predicted octanol–water partition coefficient (Wildman–Crippen LogP) is 0.882. The smallest absolute Gasteiger partial charge is 0.341 e. The lowest BCUT2D eigenvalue weighted by Gasteiger charge is -2.25. The molecule has 0 bridgehead atoms. The number of benzene rings is 1. The third kappa shape index (κ3) is 4.42. The van der Waals surface area contributed by atoms with Crippen molar-refractivity contribution in [1.82, 2.24) is 4.72 Å². The summed E-state index contributed by atoms with van der Waals surface area (Å²) in [6, 6.07) is 3.39. The summed E-state index contributed by atoms with van der Waals surface area (Å²) in [7, 11) is -1.26. The Kier molecular flexibility index (Phi) is 5.32. The van der Waals surface area contributed by atoms with Crippen LogP contribution in [0.1, 0.15) is 24.2 Å². The number of rotatable bonds is 6. The van der Waals surface area contributed by atoms with Crippen molar-refractivity contribution < 1.29 is 27.8 Å². The number of nitrogens with one attached hydrogen (secondary N) is 1. The Balaban J connectivity index is 3.18. The van der Waals surface area contributed by atoms with Crippen LogP contribution >= 0.6 is 0 Å². The number of aromatic hydroxyl groups is 1. The molecule has 0 heterocycles. The first kappa shape index (κ1) is 17.4. The standard InChI is InChI=1S/C13H19NO6S/c1-13(2,8-19-3)14-21(17,18)9-5-6-11(15)10(7-9)12(16)20-4/h5-7,14-15H,8H2,1-4H3. The average Bonchev–Trinajstić information content (AvgIpc) is 2.36. The molecule has 0 spiro atoms. The minimum atomic E-state index is -3.87. The van der Waals surface area contributed by atoms with Gasteiger partial charge in [-0.2, -0.15) is 0 Å². The van der Waals surface area contributed by atoms with E-state index in [2.05, 4.69) is 9.46 Å². The van der Waals surface area contributed by atoms with Crippen LogP contribution in [0.25, 0.3) is 0 Å². The molecule has 0 saturated heterocycles. The lowest BCUT2D eigenvalue weighted by Crippen LogP contribution is -2.46. The van der Waals surface area contributed by atoms with Gasteiger partial charge < -0.3 is 14.6 Å². The van der Waals surface area contributed by atoms with Gasteiger partial charge in [0.25, 0.3) is 0 Å². The second kappa shape index (κ2) is 6.42. The number of phenols is 1. The van der Waals surface area contributed by atoms with Crippen molar-refractivity contribution >= 4 is 16.0 Å². The van der Waals surface area contributed by atoms with Gasteiger partial charge >= 0.3 is 5.97 Å². The molecule has 2 N–H and O–H groups in total. The normalized spacial score (nSPS) is 12.2. The van der Waals surface area contributed by atoms with Gasteiger partial charge in [-0.25, -0.2) is 17.9 Å². The van der Waals surface area contributed by atoms with Gasteiger partial charge in [-0.1, -0.05) is 0 Å². The summed E-state index contributed by atoms with van der Waals surface area (Å²) in [5, 5.41) is 9.58. The lowest BCUT2D eigenvalue weighted by molar-refractivity contribution is 0.0597. The minimum absolute atomic E-state index is 0.148. The highest BCUT2D eigenvalue weighted by atomic mass is 32.2. The summed E-state index contributed by atoms with van der Waals surface area (Å²) in [4.78, 5) is 11.3. The number of hydrogen-bond acceptors (Lipinski definition) is 6. The van der Waals surface area contributed by atoms with E-state index in [0.29, 0.717) is 0 Å². The number of hydrogen-bond donors (Lipinski definition) is 2. The number of carbonyl (C=O) groups is 1. The van der Waals surface area contributed by atoms with E-state index in [-0.39, 0.29) is 22.8 Å². The van der Waals surface area contributed by atoms with Crippen LogP contribution in [0.15, 0.2) is 23.1 Å². The number of methoxy groups -OCH3 is 2. The third-order valence-electron chi connectivity index (χ3n) is 2.60. The van der Waals surface area contributed by atoms with Crippen LogP contribution < -0.4 is 4.72 Å². The molecule has 0 aliphatic heterocycles. The van der Waals surface area contributed by atoms with E-state index in [1.54, 1.807) is 13.8 Å². The lowest BCUT2D eigenvalue weighted by atomic mass is 10.1. The van der Waals surface area contributed by atoms with Gasteiger partial charge in [-0.15, -0.1) is 0 Å². The summed E-state index contributed by atoms with van der Waals surface area (Å²) < 4.78 is 36.5. The fourth-order valence-corrected chi connectivity index (χ4v) is 3.19. The second-order valence-corrected chi connectivity index (χ2v) is 6.78. The summed E-state index contributed by atoms with van der Waals surface area (Å²) in [5.41, 5.74) is -1.04. The van der Waals surface area contributed by atoms with Crippen LogP contribution in [-0.2, 0) is 19.5 Å². The maximum absolute atomic E-state index is 12.3. The summed E-state index contributed by atoms with van der Waals surface area (Å²) in [5.74, 6) is -1.17. The molecule has 0 saturated carbocycles. The number of phenolic OH excluding ortho intramolecular Hbond substituents is 1. The van der Waals surface area contributed by atoms with Crippen molar-refractivity contribution in [2.75, 3.05) is 20.8 Å².